The summed E-state index contributed by atoms with van der Waals surface area (Å²) < 4.78 is 0. The van der Waals surface area contributed by atoms with Gasteiger partial charge < -0.3 is 10.6 Å². The van der Waals surface area contributed by atoms with Crippen molar-refractivity contribution >= 4 is 5.82 Å². The fourth-order valence-corrected chi connectivity index (χ4v) is 1.77. The number of anilines is 1. The molecule has 0 spiro atoms. The zero-order chi connectivity index (χ0) is 9.97. The van der Waals surface area contributed by atoms with E-state index in [0.29, 0.717) is 0 Å². The molecule has 14 heavy (non-hydrogen) atoms. The van der Waals surface area contributed by atoms with Crippen molar-refractivity contribution in [3.8, 4) is 0 Å². The number of nitrogens with zero attached hydrogens (tertiary/aromatic N) is 3. The van der Waals surface area contributed by atoms with Crippen molar-refractivity contribution in [2.45, 2.75) is 25.8 Å². The summed E-state index contributed by atoms with van der Waals surface area (Å²) in [6.45, 7) is 3.89. The molecule has 2 rings (SSSR count). The SMILES string of the molecule is Cc1cnc(N2CCC[C@H](N)C2)cn1. The van der Waals surface area contributed by atoms with Crippen LogP contribution in [0.1, 0.15) is 18.5 Å². The van der Waals surface area contributed by atoms with Gasteiger partial charge in [0.25, 0.3) is 0 Å². The van der Waals surface area contributed by atoms with Crippen LogP contribution in [0.25, 0.3) is 0 Å². The monoisotopic (exact) mass is 192 g/mol. The van der Waals surface area contributed by atoms with Crippen molar-refractivity contribution in [2.75, 3.05) is 18.0 Å². The molecule has 1 saturated heterocycles. The van der Waals surface area contributed by atoms with Crippen molar-refractivity contribution in [3.63, 3.8) is 0 Å². The maximum Gasteiger partial charge on any atom is 0.147 e. The molecule has 0 bridgehead atoms. The van der Waals surface area contributed by atoms with Gasteiger partial charge in [-0.15, -0.1) is 0 Å². The zero-order valence-electron chi connectivity index (χ0n) is 8.48. The number of piperidine rings is 1. The highest BCUT2D eigenvalue weighted by Crippen LogP contribution is 2.15. The largest absolute Gasteiger partial charge is 0.354 e. The van der Waals surface area contributed by atoms with E-state index in [1.54, 1.807) is 6.20 Å². The number of hydrogen-bond donors (Lipinski definition) is 1. The molecule has 4 heteroatoms. The average Bonchev–Trinajstić information content (AvgIpc) is 2.19. The first-order valence-electron chi connectivity index (χ1n) is 5.05. The fraction of sp³-hybridized carbons (Fsp3) is 0.600. The van der Waals surface area contributed by atoms with E-state index in [9.17, 15) is 0 Å². The molecule has 1 aliphatic heterocycles. The van der Waals surface area contributed by atoms with Crippen molar-refractivity contribution < 1.29 is 0 Å². The average molecular weight is 192 g/mol. The van der Waals surface area contributed by atoms with E-state index >= 15 is 0 Å². The number of aryl methyl sites for hydroxylation is 1. The summed E-state index contributed by atoms with van der Waals surface area (Å²) in [6, 6.07) is 0.284. The third kappa shape index (κ3) is 2.01. The van der Waals surface area contributed by atoms with Crippen molar-refractivity contribution in [1.82, 2.24) is 9.97 Å². The molecule has 2 heterocycles. The molecule has 0 saturated carbocycles. The van der Waals surface area contributed by atoms with Crippen molar-refractivity contribution in [2.24, 2.45) is 5.73 Å². The van der Waals surface area contributed by atoms with E-state index in [1.807, 2.05) is 13.1 Å². The van der Waals surface area contributed by atoms with Gasteiger partial charge >= 0.3 is 0 Å². The first kappa shape index (κ1) is 9.40. The van der Waals surface area contributed by atoms with Gasteiger partial charge in [-0.2, -0.15) is 0 Å². The molecular formula is C10H16N4. The smallest absolute Gasteiger partial charge is 0.147 e. The number of aromatic nitrogens is 2. The Morgan fingerprint density at radius 2 is 2.29 bits per heavy atom. The molecular weight excluding hydrogens is 176 g/mol. The van der Waals surface area contributed by atoms with E-state index in [-0.39, 0.29) is 6.04 Å². The Morgan fingerprint density at radius 1 is 1.43 bits per heavy atom. The molecule has 0 radical (unpaired) electrons. The lowest BCUT2D eigenvalue weighted by atomic mass is 10.1. The van der Waals surface area contributed by atoms with Crippen LogP contribution in [-0.4, -0.2) is 29.1 Å². The molecule has 4 nitrogen and oxygen atoms in total. The molecule has 0 unspecified atom stereocenters. The molecule has 0 aliphatic carbocycles. The van der Waals surface area contributed by atoms with Crippen LogP contribution in [0.3, 0.4) is 0 Å². The van der Waals surface area contributed by atoms with Crippen LogP contribution < -0.4 is 10.6 Å². The lowest BCUT2D eigenvalue weighted by Gasteiger charge is -2.31. The van der Waals surface area contributed by atoms with E-state index in [2.05, 4.69) is 14.9 Å². The van der Waals surface area contributed by atoms with Crippen LogP contribution in [0.4, 0.5) is 5.82 Å². The molecule has 1 atom stereocenters. The lowest BCUT2D eigenvalue weighted by Crippen LogP contribution is -2.43. The van der Waals surface area contributed by atoms with Gasteiger partial charge in [-0.25, -0.2) is 4.98 Å². The topological polar surface area (TPSA) is 55.0 Å². The Bertz CT molecular complexity index is 295. The minimum atomic E-state index is 0.284. The van der Waals surface area contributed by atoms with Crippen LogP contribution in [0.15, 0.2) is 12.4 Å². The third-order valence-electron chi connectivity index (χ3n) is 2.55. The van der Waals surface area contributed by atoms with Crippen LogP contribution in [0, 0.1) is 6.92 Å². The highest BCUT2D eigenvalue weighted by Gasteiger charge is 2.17. The summed E-state index contributed by atoms with van der Waals surface area (Å²) in [6.07, 6.45) is 5.90. The minimum Gasteiger partial charge on any atom is -0.354 e. The van der Waals surface area contributed by atoms with Crippen LogP contribution >= 0.6 is 0 Å². The molecule has 76 valence electrons. The molecule has 1 aromatic heterocycles. The molecule has 2 N–H and O–H groups in total. The fourth-order valence-electron chi connectivity index (χ4n) is 1.77. The summed E-state index contributed by atoms with van der Waals surface area (Å²) >= 11 is 0. The second-order valence-electron chi connectivity index (χ2n) is 3.86. The predicted octanol–water partition coefficient (Wildman–Crippen LogP) is 0.713. The Kier molecular flexibility index (Phi) is 2.63. The van der Waals surface area contributed by atoms with Crippen LogP contribution in [0.5, 0.6) is 0 Å². The normalized spacial score (nSPS) is 22.4. The van der Waals surface area contributed by atoms with E-state index < -0.39 is 0 Å². The van der Waals surface area contributed by atoms with E-state index in [4.69, 9.17) is 5.73 Å². The predicted molar refractivity (Wildman–Crippen MR) is 56.2 cm³/mol. The number of hydrogen-bond acceptors (Lipinski definition) is 4. The summed E-state index contributed by atoms with van der Waals surface area (Å²) in [5.41, 5.74) is 6.86. The van der Waals surface area contributed by atoms with Gasteiger partial charge in [0.05, 0.1) is 18.1 Å². The van der Waals surface area contributed by atoms with Gasteiger partial charge in [0.1, 0.15) is 5.82 Å². The Labute approximate surface area is 84.2 Å². The maximum absolute atomic E-state index is 5.90. The van der Waals surface area contributed by atoms with Crippen molar-refractivity contribution in [1.29, 1.82) is 0 Å². The summed E-state index contributed by atoms with van der Waals surface area (Å²) in [7, 11) is 0. The number of rotatable bonds is 1. The minimum absolute atomic E-state index is 0.284. The van der Waals surface area contributed by atoms with Gasteiger partial charge in [-0.3, -0.25) is 4.98 Å². The summed E-state index contributed by atoms with van der Waals surface area (Å²) in [5.74, 6) is 0.950. The van der Waals surface area contributed by atoms with Gasteiger partial charge in [0.2, 0.25) is 0 Å². The van der Waals surface area contributed by atoms with Gasteiger partial charge in [0.15, 0.2) is 0 Å². The molecule has 0 amide bonds. The Morgan fingerprint density at radius 3 is 2.93 bits per heavy atom. The summed E-state index contributed by atoms with van der Waals surface area (Å²) in [4.78, 5) is 10.8. The second kappa shape index (κ2) is 3.92. The Hall–Kier alpha value is -1.16. The van der Waals surface area contributed by atoms with Gasteiger partial charge in [-0.05, 0) is 19.8 Å². The standard InChI is InChI=1S/C10H16N4/c1-8-5-13-10(6-12-8)14-4-2-3-9(11)7-14/h5-6,9H,2-4,7,11H2,1H3/t9-/m0/s1. The lowest BCUT2D eigenvalue weighted by molar-refractivity contribution is 0.502. The maximum atomic E-state index is 5.90. The molecule has 1 aromatic rings. The number of nitrogens with two attached hydrogens (primary N) is 1. The molecule has 0 aromatic carbocycles. The van der Waals surface area contributed by atoms with E-state index in [1.165, 1.54) is 0 Å². The van der Waals surface area contributed by atoms with Gasteiger partial charge in [-0.1, -0.05) is 0 Å². The quantitative estimate of drug-likeness (QED) is 0.712. The molecule has 1 aliphatic rings. The highest BCUT2D eigenvalue weighted by molar-refractivity contribution is 5.36. The first-order valence-corrected chi connectivity index (χ1v) is 5.05. The van der Waals surface area contributed by atoms with Gasteiger partial charge in [0, 0.05) is 19.1 Å². The molecule has 1 fully saturated rings. The highest BCUT2D eigenvalue weighted by atomic mass is 15.2. The first-order chi connectivity index (χ1) is 6.75. The zero-order valence-corrected chi connectivity index (χ0v) is 8.48. The summed E-state index contributed by atoms with van der Waals surface area (Å²) in [5, 5.41) is 0. The van der Waals surface area contributed by atoms with Crippen molar-refractivity contribution in [3.05, 3.63) is 18.1 Å². The second-order valence-corrected chi connectivity index (χ2v) is 3.86. The van der Waals surface area contributed by atoms with Crippen LogP contribution in [-0.2, 0) is 0 Å². The Balaban J connectivity index is 2.10. The van der Waals surface area contributed by atoms with E-state index in [0.717, 1.165) is 37.4 Å². The van der Waals surface area contributed by atoms with Crippen LogP contribution in [0.2, 0.25) is 0 Å². The third-order valence-corrected chi connectivity index (χ3v) is 2.55.